The minimum Gasteiger partial charge on any atom is -0.444 e. The minimum atomic E-state index is -0.489. The quantitative estimate of drug-likeness (QED) is 0.700. The lowest BCUT2D eigenvalue weighted by Crippen LogP contribution is -2.33. The summed E-state index contributed by atoms with van der Waals surface area (Å²) in [6.45, 7) is 6.63. The maximum atomic E-state index is 11.4. The van der Waals surface area contributed by atoms with E-state index < -0.39 is 17.6 Å². The number of carbonyl (C=O) groups is 2. The summed E-state index contributed by atoms with van der Waals surface area (Å²) in [4.78, 5) is 22.5. The monoisotopic (exact) mass is 293 g/mol. The third-order valence-corrected chi connectivity index (χ3v) is 2.50. The van der Waals surface area contributed by atoms with Gasteiger partial charge in [-0.2, -0.15) is 0 Å². The number of amides is 2. The lowest BCUT2D eigenvalue weighted by molar-refractivity contribution is 0.0527. The highest BCUT2D eigenvalue weighted by Gasteiger charge is 2.15. The minimum absolute atomic E-state index is 0.418. The van der Waals surface area contributed by atoms with Gasteiger partial charge in [-0.25, -0.2) is 4.79 Å². The maximum Gasteiger partial charge on any atom is 0.407 e. The van der Waals surface area contributed by atoms with Crippen LogP contribution in [0.15, 0.2) is 24.3 Å². The molecule has 0 fully saturated rings. The number of carbonyl (C=O) groups excluding carboxylic acids is 2. The molecule has 2 amide bonds. The number of nitrogens with two attached hydrogens (primary N) is 1. The number of primary amides is 1. The van der Waals surface area contributed by atoms with Gasteiger partial charge in [0.05, 0.1) is 0 Å². The number of benzene rings is 1. The molecule has 1 aromatic rings. The Bertz CT molecular complexity index is 495. The van der Waals surface area contributed by atoms with Gasteiger partial charge in [0.15, 0.2) is 0 Å². The molecule has 6 nitrogen and oxygen atoms in total. The molecular formula is C15H23N3O3. The molecule has 0 atom stereocenters. The molecule has 0 aromatic heterocycles. The van der Waals surface area contributed by atoms with Crippen LogP contribution in [0.5, 0.6) is 0 Å². The Balaban J connectivity index is 2.24. The first kappa shape index (κ1) is 16.8. The first-order chi connectivity index (χ1) is 9.78. The summed E-state index contributed by atoms with van der Waals surface area (Å²) in [6, 6.07) is 6.98. The van der Waals surface area contributed by atoms with Crippen LogP contribution in [0.1, 0.15) is 37.6 Å². The summed E-state index contributed by atoms with van der Waals surface area (Å²) in [7, 11) is 0. The number of nitrogens with one attached hydrogen (secondary N) is 2. The summed E-state index contributed by atoms with van der Waals surface area (Å²) >= 11 is 0. The van der Waals surface area contributed by atoms with Gasteiger partial charge < -0.3 is 21.1 Å². The van der Waals surface area contributed by atoms with E-state index in [2.05, 4.69) is 10.6 Å². The van der Waals surface area contributed by atoms with E-state index in [0.29, 0.717) is 18.7 Å². The van der Waals surface area contributed by atoms with Crippen LogP contribution in [0.2, 0.25) is 0 Å². The zero-order valence-corrected chi connectivity index (χ0v) is 12.7. The van der Waals surface area contributed by atoms with Crippen molar-refractivity contribution >= 4 is 17.7 Å². The van der Waals surface area contributed by atoms with Crippen LogP contribution < -0.4 is 16.4 Å². The molecule has 0 spiro atoms. The van der Waals surface area contributed by atoms with Crippen LogP contribution in [0.25, 0.3) is 0 Å². The number of hydrogen-bond donors (Lipinski definition) is 3. The predicted molar refractivity (Wildman–Crippen MR) is 82.3 cm³/mol. The maximum absolute atomic E-state index is 11.4. The molecule has 21 heavy (non-hydrogen) atoms. The smallest absolute Gasteiger partial charge is 0.407 e. The van der Waals surface area contributed by atoms with Crippen molar-refractivity contribution in [3.8, 4) is 0 Å². The standard InChI is InChI=1S/C15H23N3O3/c1-15(2,3)21-14(20)18-9-5-8-17-12-7-4-6-11(10-12)13(16)19/h4,6-7,10,17H,5,8-9H2,1-3H3,(H2,16,19)(H,18,20). The second-order valence-corrected chi connectivity index (χ2v) is 5.65. The van der Waals surface area contributed by atoms with Crippen molar-refractivity contribution in [2.45, 2.75) is 32.8 Å². The summed E-state index contributed by atoms with van der Waals surface area (Å²) in [5.41, 5.74) is 6.01. The number of ether oxygens (including phenoxy) is 1. The molecular weight excluding hydrogens is 270 g/mol. The highest BCUT2D eigenvalue weighted by molar-refractivity contribution is 5.93. The molecule has 0 aliphatic carbocycles. The SMILES string of the molecule is CC(C)(C)OC(=O)NCCCNc1cccc(C(N)=O)c1. The van der Waals surface area contributed by atoms with Crippen molar-refractivity contribution in [1.29, 1.82) is 0 Å². The Kier molecular flexibility index (Phi) is 6.02. The van der Waals surface area contributed by atoms with Gasteiger partial charge >= 0.3 is 6.09 Å². The van der Waals surface area contributed by atoms with Gasteiger partial charge in [-0.15, -0.1) is 0 Å². The first-order valence-electron chi connectivity index (χ1n) is 6.88. The fourth-order valence-corrected chi connectivity index (χ4v) is 1.61. The Hall–Kier alpha value is -2.24. The largest absolute Gasteiger partial charge is 0.444 e. The molecule has 0 saturated carbocycles. The molecule has 0 heterocycles. The molecule has 0 unspecified atom stereocenters. The zero-order valence-electron chi connectivity index (χ0n) is 12.7. The van der Waals surface area contributed by atoms with Crippen molar-refractivity contribution in [2.24, 2.45) is 5.73 Å². The van der Waals surface area contributed by atoms with E-state index in [1.807, 2.05) is 26.8 Å². The van der Waals surface area contributed by atoms with Crippen LogP contribution in [-0.2, 0) is 4.74 Å². The molecule has 0 bridgehead atoms. The number of anilines is 1. The van der Waals surface area contributed by atoms with Crippen molar-refractivity contribution in [1.82, 2.24) is 5.32 Å². The van der Waals surface area contributed by atoms with Gasteiger partial charge in [-0.05, 0) is 45.4 Å². The topological polar surface area (TPSA) is 93.4 Å². The Morgan fingerprint density at radius 2 is 1.95 bits per heavy atom. The molecule has 0 radical (unpaired) electrons. The second-order valence-electron chi connectivity index (χ2n) is 5.65. The third-order valence-electron chi connectivity index (χ3n) is 2.50. The summed E-state index contributed by atoms with van der Waals surface area (Å²) in [6.07, 6.45) is 0.318. The Morgan fingerprint density at radius 1 is 1.24 bits per heavy atom. The van der Waals surface area contributed by atoms with Crippen molar-refractivity contribution < 1.29 is 14.3 Å². The third kappa shape index (κ3) is 7.20. The van der Waals surface area contributed by atoms with Gasteiger partial charge in [0.1, 0.15) is 5.60 Å². The van der Waals surface area contributed by atoms with Crippen LogP contribution >= 0.6 is 0 Å². The van der Waals surface area contributed by atoms with Crippen LogP contribution in [0.3, 0.4) is 0 Å². The number of alkyl carbamates (subject to hydrolysis) is 1. The molecule has 6 heteroatoms. The molecule has 4 N–H and O–H groups in total. The molecule has 0 aliphatic rings. The van der Waals surface area contributed by atoms with E-state index in [4.69, 9.17) is 10.5 Å². The fourth-order valence-electron chi connectivity index (χ4n) is 1.61. The van der Waals surface area contributed by atoms with Gasteiger partial charge in [-0.1, -0.05) is 6.07 Å². The fraction of sp³-hybridized carbons (Fsp3) is 0.467. The Labute approximate surface area is 125 Å². The Morgan fingerprint density at radius 3 is 2.57 bits per heavy atom. The zero-order chi connectivity index (χ0) is 15.9. The van der Waals surface area contributed by atoms with E-state index in [1.165, 1.54) is 0 Å². The van der Waals surface area contributed by atoms with E-state index in [9.17, 15) is 9.59 Å². The van der Waals surface area contributed by atoms with Gasteiger partial charge in [0, 0.05) is 24.3 Å². The van der Waals surface area contributed by atoms with Gasteiger partial charge in [0.2, 0.25) is 5.91 Å². The lowest BCUT2D eigenvalue weighted by Gasteiger charge is -2.19. The predicted octanol–water partition coefficient (Wildman–Crippen LogP) is 2.11. The summed E-state index contributed by atoms with van der Waals surface area (Å²) < 4.78 is 5.12. The molecule has 116 valence electrons. The normalized spacial score (nSPS) is 10.8. The number of rotatable bonds is 6. The van der Waals surface area contributed by atoms with E-state index in [-0.39, 0.29) is 0 Å². The van der Waals surface area contributed by atoms with Crippen molar-refractivity contribution in [2.75, 3.05) is 18.4 Å². The average molecular weight is 293 g/mol. The van der Waals surface area contributed by atoms with Crippen LogP contribution in [0.4, 0.5) is 10.5 Å². The van der Waals surface area contributed by atoms with Gasteiger partial charge in [0.25, 0.3) is 0 Å². The highest BCUT2D eigenvalue weighted by atomic mass is 16.6. The molecule has 1 aromatic carbocycles. The lowest BCUT2D eigenvalue weighted by atomic mass is 10.2. The van der Waals surface area contributed by atoms with E-state index >= 15 is 0 Å². The average Bonchev–Trinajstić information content (AvgIpc) is 2.36. The van der Waals surface area contributed by atoms with Crippen molar-refractivity contribution in [3.63, 3.8) is 0 Å². The van der Waals surface area contributed by atoms with E-state index in [1.54, 1.807) is 18.2 Å². The molecule has 0 aliphatic heterocycles. The van der Waals surface area contributed by atoms with E-state index in [0.717, 1.165) is 12.1 Å². The molecule has 1 rings (SSSR count). The van der Waals surface area contributed by atoms with Crippen LogP contribution in [0, 0.1) is 0 Å². The number of hydrogen-bond acceptors (Lipinski definition) is 4. The highest BCUT2D eigenvalue weighted by Crippen LogP contribution is 2.10. The summed E-state index contributed by atoms with van der Waals surface area (Å²) in [5.74, 6) is -0.453. The molecule has 0 saturated heterocycles. The van der Waals surface area contributed by atoms with Gasteiger partial charge in [-0.3, -0.25) is 4.79 Å². The van der Waals surface area contributed by atoms with Crippen molar-refractivity contribution in [3.05, 3.63) is 29.8 Å². The second kappa shape index (κ2) is 7.52. The first-order valence-corrected chi connectivity index (χ1v) is 6.88. The van der Waals surface area contributed by atoms with Crippen LogP contribution in [-0.4, -0.2) is 30.7 Å². The summed E-state index contributed by atoms with van der Waals surface area (Å²) in [5, 5.41) is 5.84.